The summed E-state index contributed by atoms with van der Waals surface area (Å²) in [5, 5.41) is 2.89. The first kappa shape index (κ1) is 12.9. The highest BCUT2D eigenvalue weighted by Gasteiger charge is 2.02. The van der Waals surface area contributed by atoms with Crippen LogP contribution >= 0.6 is 11.3 Å². The van der Waals surface area contributed by atoms with Crippen molar-refractivity contribution in [2.24, 2.45) is 5.73 Å². The van der Waals surface area contributed by atoms with E-state index in [1.807, 2.05) is 36.6 Å². The Morgan fingerprint density at radius 1 is 1.28 bits per heavy atom. The van der Waals surface area contributed by atoms with Gasteiger partial charge in [-0.2, -0.15) is 0 Å². The number of thiazole rings is 1. The molecule has 1 aromatic heterocycles. The van der Waals surface area contributed by atoms with E-state index in [0.717, 1.165) is 22.2 Å². The zero-order valence-corrected chi connectivity index (χ0v) is 11.1. The smallest absolute Gasteiger partial charge is 0.131 e. The van der Waals surface area contributed by atoms with E-state index in [1.165, 1.54) is 0 Å². The first-order chi connectivity index (χ1) is 8.81. The number of ether oxygens (including phenoxy) is 2. The topological polar surface area (TPSA) is 57.4 Å². The molecule has 2 rings (SSSR count). The Kier molecular flexibility index (Phi) is 4.55. The fourth-order valence-electron chi connectivity index (χ4n) is 1.49. The van der Waals surface area contributed by atoms with Crippen molar-refractivity contribution in [2.75, 3.05) is 6.61 Å². The summed E-state index contributed by atoms with van der Waals surface area (Å²) in [5.41, 5.74) is 6.42. The van der Waals surface area contributed by atoms with Crippen molar-refractivity contribution in [1.29, 1.82) is 0 Å². The predicted molar refractivity (Wildman–Crippen MR) is 71.9 cm³/mol. The quantitative estimate of drug-likeness (QED) is 0.871. The maximum atomic E-state index is 5.66. The summed E-state index contributed by atoms with van der Waals surface area (Å²) in [5.74, 6) is 1.60. The van der Waals surface area contributed by atoms with Crippen LogP contribution in [-0.2, 0) is 13.2 Å². The molecule has 0 saturated heterocycles. The zero-order chi connectivity index (χ0) is 12.8. The largest absolute Gasteiger partial charge is 0.494 e. The lowest BCUT2D eigenvalue weighted by atomic mass is 10.3. The molecule has 0 unspecified atom stereocenters. The molecule has 1 aromatic carbocycles. The third-order valence-corrected chi connectivity index (χ3v) is 3.20. The lowest BCUT2D eigenvalue weighted by Crippen LogP contribution is -1.99. The van der Waals surface area contributed by atoms with E-state index < -0.39 is 0 Å². The van der Waals surface area contributed by atoms with Crippen molar-refractivity contribution in [1.82, 2.24) is 4.98 Å². The van der Waals surface area contributed by atoms with Gasteiger partial charge in [-0.3, -0.25) is 0 Å². The van der Waals surface area contributed by atoms with Crippen LogP contribution in [0.3, 0.4) is 0 Å². The number of rotatable bonds is 6. The van der Waals surface area contributed by atoms with Crippen molar-refractivity contribution < 1.29 is 9.47 Å². The Balaban J connectivity index is 1.94. The SMILES string of the molecule is CCOc1cccc(OCc2csc(CN)n2)c1. The minimum Gasteiger partial charge on any atom is -0.494 e. The van der Waals surface area contributed by atoms with Crippen LogP contribution in [0.2, 0.25) is 0 Å². The highest BCUT2D eigenvalue weighted by molar-refractivity contribution is 7.09. The standard InChI is InChI=1S/C13H16N2O2S/c1-2-16-11-4-3-5-12(6-11)17-8-10-9-18-13(7-14)15-10/h3-6,9H,2,7-8,14H2,1H3. The van der Waals surface area contributed by atoms with E-state index in [1.54, 1.807) is 11.3 Å². The second kappa shape index (κ2) is 6.37. The van der Waals surface area contributed by atoms with Crippen LogP contribution in [-0.4, -0.2) is 11.6 Å². The molecule has 1 heterocycles. The third-order valence-electron chi connectivity index (χ3n) is 2.28. The summed E-state index contributed by atoms with van der Waals surface area (Å²) in [6, 6.07) is 7.59. The van der Waals surface area contributed by atoms with Gasteiger partial charge >= 0.3 is 0 Å². The Morgan fingerprint density at radius 3 is 2.72 bits per heavy atom. The molecule has 0 aliphatic heterocycles. The summed E-state index contributed by atoms with van der Waals surface area (Å²) in [6.07, 6.45) is 0. The van der Waals surface area contributed by atoms with Crippen LogP contribution < -0.4 is 15.2 Å². The zero-order valence-electron chi connectivity index (χ0n) is 10.3. The first-order valence-electron chi connectivity index (χ1n) is 5.81. The van der Waals surface area contributed by atoms with Gasteiger partial charge in [0.15, 0.2) is 0 Å². The summed E-state index contributed by atoms with van der Waals surface area (Å²) in [6.45, 7) is 3.53. The molecule has 0 aliphatic rings. The monoisotopic (exact) mass is 264 g/mol. The fourth-order valence-corrected chi connectivity index (χ4v) is 2.15. The number of hydrogen-bond donors (Lipinski definition) is 1. The number of nitrogens with zero attached hydrogens (tertiary/aromatic N) is 1. The lowest BCUT2D eigenvalue weighted by Gasteiger charge is -2.07. The van der Waals surface area contributed by atoms with Crippen LogP contribution in [0.1, 0.15) is 17.6 Å². The number of benzene rings is 1. The minimum absolute atomic E-state index is 0.450. The Morgan fingerprint density at radius 2 is 2.06 bits per heavy atom. The van der Waals surface area contributed by atoms with Gasteiger partial charge in [0, 0.05) is 18.0 Å². The number of aromatic nitrogens is 1. The number of nitrogens with two attached hydrogens (primary N) is 1. The van der Waals surface area contributed by atoms with Gasteiger partial charge < -0.3 is 15.2 Å². The second-order valence-corrected chi connectivity index (χ2v) is 4.58. The fraction of sp³-hybridized carbons (Fsp3) is 0.308. The highest BCUT2D eigenvalue weighted by atomic mass is 32.1. The van der Waals surface area contributed by atoms with Gasteiger partial charge in [-0.25, -0.2) is 4.98 Å². The van der Waals surface area contributed by atoms with E-state index in [9.17, 15) is 0 Å². The molecule has 0 fully saturated rings. The van der Waals surface area contributed by atoms with Crippen molar-refractivity contribution in [2.45, 2.75) is 20.1 Å². The summed E-state index contributed by atoms with van der Waals surface area (Å²) in [4.78, 5) is 4.34. The summed E-state index contributed by atoms with van der Waals surface area (Å²) in [7, 11) is 0. The molecule has 0 radical (unpaired) electrons. The van der Waals surface area contributed by atoms with Crippen molar-refractivity contribution in [3.05, 3.63) is 40.3 Å². The Labute approximate surface area is 110 Å². The Bertz CT molecular complexity index is 499. The molecule has 0 spiro atoms. The molecule has 0 atom stereocenters. The Hall–Kier alpha value is -1.59. The minimum atomic E-state index is 0.450. The molecule has 0 amide bonds. The average Bonchev–Trinajstić information content (AvgIpc) is 2.85. The summed E-state index contributed by atoms with van der Waals surface area (Å²) >= 11 is 1.56. The highest BCUT2D eigenvalue weighted by Crippen LogP contribution is 2.20. The normalized spacial score (nSPS) is 10.3. The molecule has 4 nitrogen and oxygen atoms in total. The maximum absolute atomic E-state index is 5.66. The van der Waals surface area contributed by atoms with Crippen molar-refractivity contribution in [3.8, 4) is 11.5 Å². The van der Waals surface area contributed by atoms with E-state index in [2.05, 4.69) is 4.98 Å². The molecule has 2 aromatic rings. The van der Waals surface area contributed by atoms with Gasteiger partial charge in [0.25, 0.3) is 0 Å². The molecule has 5 heteroatoms. The van der Waals surface area contributed by atoms with Crippen LogP contribution in [0, 0.1) is 0 Å². The molecule has 96 valence electrons. The molecular weight excluding hydrogens is 248 g/mol. The van der Waals surface area contributed by atoms with Gasteiger partial charge in [-0.05, 0) is 19.1 Å². The van der Waals surface area contributed by atoms with Crippen LogP contribution in [0.5, 0.6) is 11.5 Å². The molecular formula is C13H16N2O2S. The van der Waals surface area contributed by atoms with E-state index in [-0.39, 0.29) is 0 Å². The van der Waals surface area contributed by atoms with E-state index in [0.29, 0.717) is 19.8 Å². The van der Waals surface area contributed by atoms with Crippen LogP contribution in [0.4, 0.5) is 0 Å². The van der Waals surface area contributed by atoms with Crippen molar-refractivity contribution in [3.63, 3.8) is 0 Å². The van der Waals surface area contributed by atoms with Crippen LogP contribution in [0.15, 0.2) is 29.6 Å². The molecule has 18 heavy (non-hydrogen) atoms. The van der Waals surface area contributed by atoms with E-state index >= 15 is 0 Å². The van der Waals surface area contributed by atoms with Crippen LogP contribution in [0.25, 0.3) is 0 Å². The van der Waals surface area contributed by atoms with Crippen molar-refractivity contribution >= 4 is 11.3 Å². The second-order valence-electron chi connectivity index (χ2n) is 3.63. The van der Waals surface area contributed by atoms with E-state index in [4.69, 9.17) is 15.2 Å². The number of hydrogen-bond acceptors (Lipinski definition) is 5. The van der Waals surface area contributed by atoms with Gasteiger partial charge in [-0.15, -0.1) is 11.3 Å². The van der Waals surface area contributed by atoms with Gasteiger partial charge in [0.05, 0.1) is 12.3 Å². The molecule has 0 aliphatic carbocycles. The average molecular weight is 264 g/mol. The third kappa shape index (κ3) is 3.45. The maximum Gasteiger partial charge on any atom is 0.131 e. The lowest BCUT2D eigenvalue weighted by molar-refractivity contribution is 0.296. The first-order valence-corrected chi connectivity index (χ1v) is 6.68. The summed E-state index contributed by atoms with van der Waals surface area (Å²) < 4.78 is 11.1. The van der Waals surface area contributed by atoms with Gasteiger partial charge in [0.2, 0.25) is 0 Å². The molecule has 0 saturated carbocycles. The molecule has 0 bridgehead atoms. The van der Waals surface area contributed by atoms with Gasteiger partial charge in [0.1, 0.15) is 23.1 Å². The van der Waals surface area contributed by atoms with Gasteiger partial charge in [-0.1, -0.05) is 6.07 Å². The molecule has 2 N–H and O–H groups in total. The predicted octanol–water partition coefficient (Wildman–Crippen LogP) is 2.58.